The van der Waals surface area contributed by atoms with E-state index in [0.717, 1.165) is 38.9 Å². The fourth-order valence-electron chi connectivity index (χ4n) is 3.97. The first-order valence-electron chi connectivity index (χ1n) is 18.9. The van der Waals surface area contributed by atoms with Crippen molar-refractivity contribution in [3.8, 4) is 0 Å². The molecule has 0 radical (unpaired) electrons. The van der Waals surface area contributed by atoms with Gasteiger partial charge in [0.15, 0.2) is 0 Å². The first-order valence-corrected chi connectivity index (χ1v) is 18.9. The number of carbonyl (C=O) groups excluding carboxylic acids is 4. The van der Waals surface area contributed by atoms with Crippen LogP contribution in [0.2, 0.25) is 0 Å². The molecule has 0 aliphatic heterocycles. The average molecular weight is 748 g/mol. The van der Waals surface area contributed by atoms with Gasteiger partial charge in [-0.3, -0.25) is 14.4 Å². The molecule has 0 heterocycles. The largest absolute Gasteiger partial charge is 0.388 e. The summed E-state index contributed by atoms with van der Waals surface area (Å²) in [5, 5.41) is 0. The van der Waals surface area contributed by atoms with Crippen LogP contribution < -0.4 is 0 Å². The molecule has 0 bridgehead atoms. The molecule has 0 aliphatic carbocycles. The van der Waals surface area contributed by atoms with Gasteiger partial charge in [-0.25, -0.2) is 4.79 Å². The van der Waals surface area contributed by atoms with Crippen molar-refractivity contribution in [1.29, 1.82) is 0 Å². The van der Waals surface area contributed by atoms with Crippen LogP contribution in [0, 0.1) is 23.7 Å². The number of methoxy groups -OCH3 is 2. The highest BCUT2D eigenvalue weighted by Crippen LogP contribution is 2.12. The summed E-state index contributed by atoms with van der Waals surface area (Å²) < 4.78 is 22.7. The van der Waals surface area contributed by atoms with Crippen LogP contribution in [-0.2, 0) is 38.1 Å². The van der Waals surface area contributed by atoms with Gasteiger partial charge in [0.2, 0.25) is 17.7 Å². The Labute approximate surface area is 319 Å². The van der Waals surface area contributed by atoms with Crippen LogP contribution in [0.5, 0.6) is 0 Å². The van der Waals surface area contributed by atoms with E-state index >= 15 is 0 Å². The normalized spacial score (nSPS) is 14.1. The highest BCUT2D eigenvalue weighted by Gasteiger charge is 2.22. The van der Waals surface area contributed by atoms with Crippen molar-refractivity contribution < 1.29 is 42.7 Å². The zero-order valence-corrected chi connectivity index (χ0v) is 37.0. The maximum atomic E-state index is 11.6. The number of carbonyl (C=O) groups is 4. The minimum atomic E-state index is -0.0628. The lowest BCUT2D eigenvalue weighted by Gasteiger charge is -2.23. The number of ether oxygens (including phenoxy) is 4. The molecular weight excluding hydrogens is 664 g/mol. The maximum Gasteiger partial charge on any atom is 0.388 e. The lowest BCUT2D eigenvalue weighted by molar-refractivity contribution is -0.411. The molecule has 6 atom stereocenters. The zero-order valence-electron chi connectivity index (χ0n) is 37.0. The van der Waals surface area contributed by atoms with Gasteiger partial charge in [0.1, 0.15) is 20.2 Å². The minimum Gasteiger partial charge on any atom is -0.381 e. The smallest absolute Gasteiger partial charge is 0.381 e. The van der Waals surface area contributed by atoms with Gasteiger partial charge in [0, 0.05) is 69.7 Å². The van der Waals surface area contributed by atoms with Crippen LogP contribution in [0.25, 0.3) is 0 Å². The summed E-state index contributed by atoms with van der Waals surface area (Å²) in [5.74, 6) is 1.59. The van der Waals surface area contributed by atoms with Gasteiger partial charge in [-0.05, 0) is 51.4 Å². The second-order valence-electron chi connectivity index (χ2n) is 14.9. The molecule has 0 saturated carbocycles. The molecule has 12 heteroatoms. The van der Waals surface area contributed by atoms with Crippen molar-refractivity contribution in [1.82, 2.24) is 14.7 Å². The standard InChI is InChI=1S/2C12H25NO2.C8H17NO2.C8H16NO2/c1-9(2)7-8-15-11(4)10(3)12(14)13(5)6;1-6-11(9-12(14)13(4)5)15-8-7-10(2)3;1-6(7(2)11-5)8(10)9(3)4;1-5-7(11-4)6-8(10)9(2)3/h9-11H,7-8H2,1-6H3;10-11H,6-9H2,1-5H3;6-7H,1-5H3;7H,2,5-6H2,1,3-4H3/q;;;+1. The lowest BCUT2D eigenvalue weighted by Crippen LogP contribution is -2.35. The highest BCUT2D eigenvalue weighted by atomic mass is 16.5. The molecule has 0 aromatic carbocycles. The van der Waals surface area contributed by atoms with Crippen molar-refractivity contribution in [3.63, 3.8) is 0 Å². The van der Waals surface area contributed by atoms with E-state index in [9.17, 15) is 19.2 Å². The lowest BCUT2D eigenvalue weighted by atomic mass is 10.0. The van der Waals surface area contributed by atoms with Crippen LogP contribution in [0.3, 0.4) is 0 Å². The number of hydrogen-bond donors (Lipinski definition) is 0. The third-order valence-corrected chi connectivity index (χ3v) is 8.54. The Morgan fingerprint density at radius 3 is 1.31 bits per heavy atom. The summed E-state index contributed by atoms with van der Waals surface area (Å²) in [6, 6.07) is 0. The molecule has 0 saturated heterocycles. The van der Waals surface area contributed by atoms with E-state index in [1.165, 1.54) is 4.58 Å². The van der Waals surface area contributed by atoms with Crippen molar-refractivity contribution >= 4 is 30.3 Å². The number of nitrogens with zero attached hydrogens (tertiary/aromatic N) is 4. The van der Waals surface area contributed by atoms with E-state index in [1.807, 2.05) is 34.6 Å². The van der Waals surface area contributed by atoms with Crippen LogP contribution in [0.15, 0.2) is 0 Å². The molecule has 0 fully saturated rings. The highest BCUT2D eigenvalue weighted by molar-refractivity contribution is 5.79. The third kappa shape index (κ3) is 31.1. The van der Waals surface area contributed by atoms with E-state index in [2.05, 4.69) is 41.3 Å². The summed E-state index contributed by atoms with van der Waals surface area (Å²) in [5.41, 5.74) is 0. The average Bonchev–Trinajstić information content (AvgIpc) is 3.08. The summed E-state index contributed by atoms with van der Waals surface area (Å²) in [7, 11) is 15.5. The Kier molecular flexibility index (Phi) is 35.9. The molecule has 310 valence electrons. The SMILES string of the molecule is C=[N+](C)C(=O)CC(CC)OC.CC(C)CCOC(C)C(C)C(=O)N(C)C.CCC(CC(=O)N(C)C)OCCC(C)C.COC(C)C(C)C(=O)N(C)C. The second kappa shape index (κ2) is 33.2. The number of amides is 4. The maximum absolute atomic E-state index is 11.6. The molecular formula is C40H83N4O8+. The summed E-state index contributed by atoms with van der Waals surface area (Å²) in [6.45, 7) is 25.4. The monoisotopic (exact) mass is 748 g/mol. The predicted molar refractivity (Wildman–Crippen MR) is 214 cm³/mol. The van der Waals surface area contributed by atoms with Gasteiger partial charge in [0.25, 0.3) is 0 Å². The van der Waals surface area contributed by atoms with Crippen LogP contribution in [0.4, 0.5) is 0 Å². The molecule has 12 nitrogen and oxygen atoms in total. The Morgan fingerprint density at radius 1 is 0.596 bits per heavy atom. The molecule has 0 aliphatic rings. The van der Waals surface area contributed by atoms with Gasteiger partial charge in [-0.15, -0.1) is 0 Å². The Morgan fingerprint density at radius 2 is 1.00 bits per heavy atom. The van der Waals surface area contributed by atoms with E-state index in [-0.39, 0.29) is 59.9 Å². The first kappa shape index (κ1) is 56.3. The van der Waals surface area contributed by atoms with Gasteiger partial charge < -0.3 is 33.6 Å². The molecule has 52 heavy (non-hydrogen) atoms. The van der Waals surface area contributed by atoms with E-state index < -0.39 is 0 Å². The molecule has 0 rings (SSSR count). The quantitative estimate of drug-likeness (QED) is 0.112. The summed E-state index contributed by atoms with van der Waals surface area (Å²) in [6.07, 6.45) is 4.90. The number of hydrogen-bond acceptors (Lipinski definition) is 8. The molecule has 0 aromatic rings. The molecule has 4 amide bonds. The van der Waals surface area contributed by atoms with Gasteiger partial charge >= 0.3 is 5.91 Å². The van der Waals surface area contributed by atoms with E-state index in [0.29, 0.717) is 24.7 Å². The van der Waals surface area contributed by atoms with Crippen molar-refractivity contribution in [2.75, 3.05) is 76.8 Å². The van der Waals surface area contributed by atoms with Gasteiger partial charge in [-0.1, -0.05) is 55.4 Å². The molecule has 6 unspecified atom stereocenters. The van der Waals surface area contributed by atoms with Gasteiger partial charge in [-0.2, -0.15) is 4.58 Å². The topological polar surface area (TPSA) is 118 Å². The van der Waals surface area contributed by atoms with Crippen LogP contribution >= 0.6 is 0 Å². The summed E-state index contributed by atoms with van der Waals surface area (Å²) >= 11 is 0. The van der Waals surface area contributed by atoms with Gasteiger partial charge in [0.05, 0.1) is 42.7 Å². The third-order valence-electron chi connectivity index (χ3n) is 8.54. The minimum absolute atomic E-state index is 0.00125. The first-order chi connectivity index (χ1) is 23.9. The Bertz CT molecular complexity index is 940. The van der Waals surface area contributed by atoms with Crippen molar-refractivity contribution in [2.45, 2.75) is 132 Å². The zero-order chi connectivity index (χ0) is 41.7. The second-order valence-corrected chi connectivity index (χ2v) is 14.9. The number of rotatable bonds is 20. The molecule has 0 aromatic heterocycles. The van der Waals surface area contributed by atoms with Crippen molar-refractivity contribution in [3.05, 3.63) is 0 Å². The molecule has 0 N–H and O–H groups in total. The fraction of sp³-hybridized carbons (Fsp3) is 0.875. The predicted octanol–water partition coefficient (Wildman–Crippen LogP) is 5.88. The Balaban J connectivity index is -0.000000299. The van der Waals surface area contributed by atoms with E-state index in [1.54, 1.807) is 78.3 Å². The van der Waals surface area contributed by atoms with Crippen molar-refractivity contribution in [2.24, 2.45) is 23.7 Å². The fourth-order valence-corrected chi connectivity index (χ4v) is 3.97. The Hall–Kier alpha value is -2.41. The summed E-state index contributed by atoms with van der Waals surface area (Å²) in [4.78, 5) is 50.2. The van der Waals surface area contributed by atoms with Crippen LogP contribution in [-0.4, -0.2) is 151 Å². The van der Waals surface area contributed by atoms with Crippen LogP contribution in [0.1, 0.15) is 108 Å². The van der Waals surface area contributed by atoms with E-state index in [4.69, 9.17) is 18.9 Å². The molecule has 0 spiro atoms.